The van der Waals surface area contributed by atoms with E-state index in [2.05, 4.69) is 6.92 Å². The lowest BCUT2D eigenvalue weighted by atomic mass is 10.0. The van der Waals surface area contributed by atoms with E-state index < -0.39 is 11.6 Å². The third-order valence-electron chi connectivity index (χ3n) is 6.83. The van der Waals surface area contributed by atoms with Gasteiger partial charge < -0.3 is 19.3 Å². The Kier molecular flexibility index (Phi) is 16.5. The summed E-state index contributed by atoms with van der Waals surface area (Å²) in [6, 6.07) is -0.195. The second-order valence-electron chi connectivity index (χ2n) is 11.3. The Morgan fingerprint density at radius 2 is 1.39 bits per heavy atom. The van der Waals surface area contributed by atoms with Gasteiger partial charge in [-0.3, -0.25) is 9.59 Å². The molecule has 7 heteroatoms. The van der Waals surface area contributed by atoms with Crippen molar-refractivity contribution < 1.29 is 23.9 Å². The molecule has 0 N–H and O–H groups in total. The molecule has 1 aliphatic rings. The minimum absolute atomic E-state index is 0.0282. The van der Waals surface area contributed by atoms with Crippen molar-refractivity contribution in [1.82, 2.24) is 9.80 Å². The number of carbonyl (C=O) groups excluding carboxylic acids is 3. The number of piperidine rings is 1. The van der Waals surface area contributed by atoms with Crippen LogP contribution in [0.15, 0.2) is 0 Å². The Balaban J connectivity index is 2.37. The molecule has 1 fully saturated rings. The summed E-state index contributed by atoms with van der Waals surface area (Å²) in [7, 11) is 1.34. The molecule has 1 rings (SSSR count). The number of rotatable bonds is 17. The average Bonchev–Trinajstić information content (AvgIpc) is 2.84. The minimum Gasteiger partial charge on any atom is -0.468 e. The number of unbranched alkanes of at least 4 members (excludes halogenated alkanes) is 12. The zero-order valence-corrected chi connectivity index (χ0v) is 23.9. The van der Waals surface area contributed by atoms with Crippen LogP contribution in [0.1, 0.15) is 130 Å². The summed E-state index contributed by atoms with van der Waals surface area (Å²) in [6.07, 6.45) is 18.0. The van der Waals surface area contributed by atoms with E-state index in [4.69, 9.17) is 9.47 Å². The molecule has 7 nitrogen and oxygen atoms in total. The molecule has 0 radical (unpaired) electrons. The van der Waals surface area contributed by atoms with E-state index in [1.54, 1.807) is 9.80 Å². The van der Waals surface area contributed by atoms with Gasteiger partial charge in [0.25, 0.3) is 0 Å². The second kappa shape index (κ2) is 18.5. The van der Waals surface area contributed by atoms with Gasteiger partial charge in [-0.1, -0.05) is 84.0 Å². The van der Waals surface area contributed by atoms with Crippen LogP contribution in [-0.2, 0) is 19.1 Å². The SMILES string of the molecule is CCCCCCCCCCCCCCCC(=O)N(CC(=O)OC)C1CCCN(C(=O)OC(C)(C)C)C1. The summed E-state index contributed by atoms with van der Waals surface area (Å²) in [5.41, 5.74) is -0.570. The quantitative estimate of drug-likeness (QED) is 0.158. The highest BCUT2D eigenvalue weighted by Crippen LogP contribution is 2.21. The van der Waals surface area contributed by atoms with Crippen LogP contribution in [0.3, 0.4) is 0 Å². The van der Waals surface area contributed by atoms with Gasteiger partial charge in [0.15, 0.2) is 0 Å². The molecule has 0 aromatic rings. The van der Waals surface area contributed by atoms with Crippen LogP contribution >= 0.6 is 0 Å². The van der Waals surface area contributed by atoms with Gasteiger partial charge >= 0.3 is 12.1 Å². The fourth-order valence-corrected chi connectivity index (χ4v) is 4.76. The maximum atomic E-state index is 13.1. The van der Waals surface area contributed by atoms with Crippen LogP contribution in [-0.4, -0.2) is 66.2 Å². The van der Waals surface area contributed by atoms with Gasteiger partial charge in [0.2, 0.25) is 5.91 Å². The monoisotopic (exact) mass is 510 g/mol. The molecule has 0 aromatic carbocycles. The molecule has 0 bridgehead atoms. The number of ether oxygens (including phenoxy) is 2. The lowest BCUT2D eigenvalue weighted by Crippen LogP contribution is -2.53. The first-order valence-electron chi connectivity index (χ1n) is 14.5. The molecular formula is C29H54N2O5. The largest absolute Gasteiger partial charge is 0.468 e. The maximum absolute atomic E-state index is 13.1. The molecule has 1 heterocycles. The predicted octanol–water partition coefficient (Wildman–Crippen LogP) is 6.87. The molecule has 0 spiro atoms. The molecule has 0 aliphatic carbocycles. The van der Waals surface area contributed by atoms with Crippen LogP contribution in [0, 0.1) is 0 Å². The zero-order chi connectivity index (χ0) is 26.8. The standard InChI is InChI=1S/C29H54N2O5/c1-6-7-8-9-10-11-12-13-14-15-16-17-18-21-26(32)31(24-27(33)35-5)25-20-19-22-30(23-25)28(34)36-29(2,3)4/h25H,6-24H2,1-5H3. The van der Waals surface area contributed by atoms with Crippen LogP contribution in [0.25, 0.3) is 0 Å². The van der Waals surface area contributed by atoms with Crippen molar-refractivity contribution in [3.05, 3.63) is 0 Å². The van der Waals surface area contributed by atoms with Crippen molar-refractivity contribution in [3.63, 3.8) is 0 Å². The first kappa shape index (κ1) is 32.2. The molecule has 0 aromatic heterocycles. The third-order valence-corrected chi connectivity index (χ3v) is 6.83. The molecular weight excluding hydrogens is 456 g/mol. The average molecular weight is 511 g/mol. The number of likely N-dealkylation sites (tertiary alicyclic amines) is 1. The smallest absolute Gasteiger partial charge is 0.410 e. The van der Waals surface area contributed by atoms with Gasteiger partial charge in [0.1, 0.15) is 12.1 Å². The van der Waals surface area contributed by atoms with Gasteiger partial charge in [0.05, 0.1) is 13.2 Å². The zero-order valence-electron chi connectivity index (χ0n) is 23.9. The predicted molar refractivity (Wildman–Crippen MR) is 145 cm³/mol. The fourth-order valence-electron chi connectivity index (χ4n) is 4.76. The number of hydrogen-bond donors (Lipinski definition) is 0. The Morgan fingerprint density at radius 3 is 1.89 bits per heavy atom. The first-order valence-corrected chi connectivity index (χ1v) is 14.5. The van der Waals surface area contributed by atoms with Crippen LogP contribution in [0.2, 0.25) is 0 Å². The van der Waals surface area contributed by atoms with Crippen LogP contribution in [0.4, 0.5) is 4.79 Å². The summed E-state index contributed by atoms with van der Waals surface area (Å²) in [5.74, 6) is -0.456. The lowest BCUT2D eigenvalue weighted by molar-refractivity contribution is -0.149. The van der Waals surface area contributed by atoms with Crippen molar-refractivity contribution in [2.24, 2.45) is 0 Å². The minimum atomic E-state index is -0.570. The molecule has 1 atom stereocenters. The van der Waals surface area contributed by atoms with E-state index in [1.807, 2.05) is 20.8 Å². The number of nitrogens with zero attached hydrogens (tertiary/aromatic N) is 2. The summed E-state index contributed by atoms with van der Waals surface area (Å²) < 4.78 is 10.4. The third kappa shape index (κ3) is 14.7. The van der Waals surface area contributed by atoms with Crippen molar-refractivity contribution in [2.45, 2.75) is 142 Å². The first-order chi connectivity index (χ1) is 17.2. The van der Waals surface area contributed by atoms with E-state index in [0.29, 0.717) is 19.5 Å². The van der Waals surface area contributed by atoms with Gasteiger partial charge in [-0.15, -0.1) is 0 Å². The number of hydrogen-bond acceptors (Lipinski definition) is 5. The highest BCUT2D eigenvalue weighted by Gasteiger charge is 2.33. The van der Waals surface area contributed by atoms with Crippen LogP contribution in [0.5, 0.6) is 0 Å². The Hall–Kier alpha value is -1.79. The van der Waals surface area contributed by atoms with Gasteiger partial charge in [-0.05, 0) is 40.0 Å². The van der Waals surface area contributed by atoms with Gasteiger partial charge in [0, 0.05) is 19.5 Å². The second-order valence-corrected chi connectivity index (χ2v) is 11.3. The summed E-state index contributed by atoms with van der Waals surface area (Å²) in [4.78, 5) is 41.0. The van der Waals surface area contributed by atoms with Crippen molar-refractivity contribution >= 4 is 18.0 Å². The summed E-state index contributed by atoms with van der Waals surface area (Å²) >= 11 is 0. The molecule has 2 amide bonds. The highest BCUT2D eigenvalue weighted by atomic mass is 16.6. The molecule has 0 saturated carbocycles. The van der Waals surface area contributed by atoms with E-state index in [-0.39, 0.29) is 24.6 Å². The molecule has 210 valence electrons. The van der Waals surface area contributed by atoms with E-state index in [1.165, 1.54) is 71.3 Å². The summed E-state index contributed by atoms with van der Waals surface area (Å²) in [6.45, 7) is 8.70. The fraction of sp³-hybridized carbons (Fsp3) is 0.897. The molecule has 36 heavy (non-hydrogen) atoms. The van der Waals surface area contributed by atoms with Gasteiger partial charge in [-0.25, -0.2) is 4.79 Å². The number of amides is 2. The summed E-state index contributed by atoms with van der Waals surface area (Å²) in [5, 5.41) is 0. The molecule has 1 aliphatic heterocycles. The number of esters is 1. The Morgan fingerprint density at radius 1 is 0.861 bits per heavy atom. The molecule has 1 saturated heterocycles. The number of carbonyl (C=O) groups is 3. The normalized spacial score (nSPS) is 16.0. The van der Waals surface area contributed by atoms with E-state index in [0.717, 1.165) is 32.1 Å². The number of methoxy groups -OCH3 is 1. The lowest BCUT2D eigenvalue weighted by Gasteiger charge is -2.39. The Labute approximate surface area is 220 Å². The Bertz CT molecular complexity index is 632. The maximum Gasteiger partial charge on any atom is 0.410 e. The van der Waals surface area contributed by atoms with Crippen molar-refractivity contribution in [3.8, 4) is 0 Å². The van der Waals surface area contributed by atoms with Crippen LogP contribution < -0.4 is 0 Å². The highest BCUT2D eigenvalue weighted by molar-refractivity contribution is 5.82. The van der Waals surface area contributed by atoms with E-state index >= 15 is 0 Å². The van der Waals surface area contributed by atoms with Crippen molar-refractivity contribution in [1.29, 1.82) is 0 Å². The van der Waals surface area contributed by atoms with Crippen molar-refractivity contribution in [2.75, 3.05) is 26.7 Å². The van der Waals surface area contributed by atoms with Gasteiger partial charge in [-0.2, -0.15) is 0 Å². The van der Waals surface area contributed by atoms with E-state index in [9.17, 15) is 14.4 Å². The molecule has 1 unspecified atom stereocenters. The topological polar surface area (TPSA) is 76.2 Å².